The minimum absolute atomic E-state index is 0.0172. The number of hydrogen-bond acceptors (Lipinski definition) is 3. The topological polar surface area (TPSA) is 64.3 Å². The third-order valence-electron chi connectivity index (χ3n) is 3.99. The van der Waals surface area contributed by atoms with Crippen LogP contribution in [0.2, 0.25) is 0 Å². The average molecular weight is 270 g/mol. The van der Waals surface area contributed by atoms with Crippen LogP contribution in [0.15, 0.2) is 0 Å². The SMILES string of the molecule is CC(OC(=O)NC(C)(C)C)C1CCC([C@H](C)N)CC1. The lowest BCUT2D eigenvalue weighted by molar-refractivity contribution is 0.0475. The number of rotatable bonds is 3. The third kappa shape index (κ3) is 5.81. The maximum absolute atomic E-state index is 11.7. The Bertz CT molecular complexity index is 289. The molecule has 0 aromatic carbocycles. The largest absolute Gasteiger partial charge is 0.446 e. The zero-order valence-electron chi connectivity index (χ0n) is 13.0. The van der Waals surface area contributed by atoms with Crippen LogP contribution in [0.25, 0.3) is 0 Å². The van der Waals surface area contributed by atoms with Crippen molar-refractivity contribution in [3.63, 3.8) is 0 Å². The molecule has 0 aliphatic heterocycles. The van der Waals surface area contributed by atoms with Crippen molar-refractivity contribution in [3.05, 3.63) is 0 Å². The van der Waals surface area contributed by atoms with Crippen molar-refractivity contribution < 1.29 is 9.53 Å². The van der Waals surface area contributed by atoms with Gasteiger partial charge in [0.25, 0.3) is 0 Å². The Morgan fingerprint density at radius 3 is 2.05 bits per heavy atom. The highest BCUT2D eigenvalue weighted by atomic mass is 16.6. The van der Waals surface area contributed by atoms with Gasteiger partial charge in [0, 0.05) is 11.6 Å². The quantitative estimate of drug-likeness (QED) is 0.828. The van der Waals surface area contributed by atoms with Crippen molar-refractivity contribution in [2.75, 3.05) is 0 Å². The van der Waals surface area contributed by atoms with Gasteiger partial charge in [-0.05, 0) is 72.1 Å². The molecule has 0 spiro atoms. The van der Waals surface area contributed by atoms with Crippen LogP contribution in [0.1, 0.15) is 60.3 Å². The van der Waals surface area contributed by atoms with Crippen LogP contribution in [0.5, 0.6) is 0 Å². The number of nitrogens with two attached hydrogens (primary N) is 1. The Balaban J connectivity index is 2.35. The Morgan fingerprint density at radius 1 is 1.16 bits per heavy atom. The van der Waals surface area contributed by atoms with Crippen LogP contribution < -0.4 is 11.1 Å². The van der Waals surface area contributed by atoms with Gasteiger partial charge >= 0.3 is 6.09 Å². The van der Waals surface area contributed by atoms with Gasteiger partial charge in [0.1, 0.15) is 6.10 Å². The zero-order valence-corrected chi connectivity index (χ0v) is 13.0. The number of carbonyl (C=O) groups is 1. The Morgan fingerprint density at radius 2 is 1.63 bits per heavy atom. The van der Waals surface area contributed by atoms with Gasteiger partial charge in [0.2, 0.25) is 0 Å². The lowest BCUT2D eigenvalue weighted by Gasteiger charge is -2.34. The summed E-state index contributed by atoms with van der Waals surface area (Å²) in [4.78, 5) is 11.7. The smallest absolute Gasteiger partial charge is 0.407 e. The summed E-state index contributed by atoms with van der Waals surface area (Å²) in [5.74, 6) is 1.10. The van der Waals surface area contributed by atoms with Crippen LogP contribution in [0.3, 0.4) is 0 Å². The minimum atomic E-state index is -0.311. The predicted molar refractivity (Wildman–Crippen MR) is 77.9 cm³/mol. The summed E-state index contributed by atoms with van der Waals surface area (Å²) >= 11 is 0. The fourth-order valence-corrected chi connectivity index (χ4v) is 2.74. The van der Waals surface area contributed by atoms with Crippen molar-refractivity contribution >= 4 is 6.09 Å². The van der Waals surface area contributed by atoms with Gasteiger partial charge < -0.3 is 15.8 Å². The molecule has 4 nitrogen and oxygen atoms in total. The first-order chi connectivity index (χ1) is 8.69. The molecule has 112 valence electrons. The van der Waals surface area contributed by atoms with E-state index in [4.69, 9.17) is 10.5 Å². The van der Waals surface area contributed by atoms with E-state index in [2.05, 4.69) is 12.2 Å². The van der Waals surface area contributed by atoms with Gasteiger partial charge in [-0.25, -0.2) is 4.79 Å². The van der Waals surface area contributed by atoms with Gasteiger partial charge in [0.05, 0.1) is 0 Å². The molecule has 2 atom stereocenters. The molecular weight excluding hydrogens is 240 g/mol. The van der Waals surface area contributed by atoms with Crippen LogP contribution in [-0.4, -0.2) is 23.8 Å². The van der Waals surface area contributed by atoms with Gasteiger partial charge in [-0.2, -0.15) is 0 Å². The Kier molecular flexibility index (Phi) is 5.65. The highest BCUT2D eigenvalue weighted by Crippen LogP contribution is 2.33. The van der Waals surface area contributed by atoms with Crippen molar-refractivity contribution in [1.29, 1.82) is 0 Å². The molecule has 1 aliphatic carbocycles. The number of alkyl carbamates (subject to hydrolysis) is 1. The molecule has 0 bridgehead atoms. The maximum atomic E-state index is 11.7. The molecule has 3 N–H and O–H groups in total. The van der Waals surface area contributed by atoms with Gasteiger partial charge in [-0.15, -0.1) is 0 Å². The number of carbonyl (C=O) groups excluding carboxylic acids is 1. The van der Waals surface area contributed by atoms with Crippen molar-refractivity contribution in [1.82, 2.24) is 5.32 Å². The second-order valence-corrected chi connectivity index (χ2v) is 7.02. The van der Waals surface area contributed by atoms with E-state index in [1.54, 1.807) is 0 Å². The minimum Gasteiger partial charge on any atom is -0.446 e. The van der Waals surface area contributed by atoms with E-state index in [0.29, 0.717) is 11.8 Å². The summed E-state index contributed by atoms with van der Waals surface area (Å²) < 4.78 is 5.48. The molecule has 1 saturated carbocycles. The molecule has 0 heterocycles. The standard InChI is InChI=1S/C15H30N2O2/c1-10(16)12-6-8-13(9-7-12)11(2)19-14(18)17-15(3,4)5/h10-13H,6-9,16H2,1-5H3,(H,17,18)/t10-,11?,12?,13?/m0/s1. The summed E-state index contributed by atoms with van der Waals surface area (Å²) in [7, 11) is 0. The number of amides is 1. The van der Waals surface area contributed by atoms with Crippen molar-refractivity contribution in [2.45, 2.75) is 78.0 Å². The van der Waals surface area contributed by atoms with Gasteiger partial charge in [-0.3, -0.25) is 0 Å². The summed E-state index contributed by atoms with van der Waals surface area (Å²) in [6, 6.07) is 0.279. The van der Waals surface area contributed by atoms with Crippen LogP contribution in [0.4, 0.5) is 4.79 Å². The summed E-state index contributed by atoms with van der Waals surface area (Å²) in [6.07, 6.45) is 4.19. The molecule has 0 radical (unpaired) electrons. The van der Waals surface area contributed by atoms with E-state index in [1.807, 2.05) is 27.7 Å². The molecule has 4 heteroatoms. The van der Waals surface area contributed by atoms with Crippen LogP contribution in [0, 0.1) is 11.8 Å². The zero-order chi connectivity index (χ0) is 14.6. The fraction of sp³-hybridized carbons (Fsp3) is 0.933. The third-order valence-corrected chi connectivity index (χ3v) is 3.99. The van der Waals surface area contributed by atoms with E-state index in [9.17, 15) is 4.79 Å². The van der Waals surface area contributed by atoms with Gasteiger partial charge in [-0.1, -0.05) is 0 Å². The molecule has 1 aliphatic rings. The molecule has 19 heavy (non-hydrogen) atoms. The van der Waals surface area contributed by atoms with E-state index >= 15 is 0 Å². The van der Waals surface area contributed by atoms with Crippen molar-refractivity contribution in [2.24, 2.45) is 17.6 Å². The number of hydrogen-bond donors (Lipinski definition) is 2. The number of ether oxygens (including phenoxy) is 1. The molecule has 1 rings (SSSR count). The van der Waals surface area contributed by atoms with Gasteiger partial charge in [0.15, 0.2) is 0 Å². The van der Waals surface area contributed by atoms with Crippen LogP contribution in [-0.2, 0) is 4.74 Å². The summed E-state index contributed by atoms with van der Waals surface area (Å²) in [6.45, 7) is 9.94. The van der Waals surface area contributed by atoms with Crippen molar-refractivity contribution in [3.8, 4) is 0 Å². The lowest BCUT2D eigenvalue weighted by Crippen LogP contribution is -2.43. The second kappa shape index (κ2) is 6.60. The summed E-state index contributed by atoms with van der Waals surface area (Å²) in [5.41, 5.74) is 5.70. The Labute approximate surface area is 117 Å². The first kappa shape index (κ1) is 16.3. The Hall–Kier alpha value is -0.770. The molecule has 0 aromatic rings. The molecule has 0 saturated heterocycles. The molecule has 0 aromatic heterocycles. The normalized spacial score (nSPS) is 27.5. The summed E-state index contributed by atoms with van der Waals surface area (Å²) in [5, 5.41) is 2.83. The van der Waals surface area contributed by atoms with E-state index in [-0.39, 0.29) is 23.8 Å². The van der Waals surface area contributed by atoms with E-state index in [1.165, 1.54) is 0 Å². The molecule has 1 fully saturated rings. The fourth-order valence-electron chi connectivity index (χ4n) is 2.74. The highest BCUT2D eigenvalue weighted by molar-refractivity contribution is 5.68. The van der Waals surface area contributed by atoms with E-state index in [0.717, 1.165) is 25.7 Å². The van der Waals surface area contributed by atoms with E-state index < -0.39 is 0 Å². The average Bonchev–Trinajstić information content (AvgIpc) is 2.26. The monoisotopic (exact) mass is 270 g/mol. The maximum Gasteiger partial charge on any atom is 0.407 e. The molecule has 1 unspecified atom stereocenters. The first-order valence-corrected chi connectivity index (χ1v) is 7.43. The molecular formula is C15H30N2O2. The first-order valence-electron chi connectivity index (χ1n) is 7.43. The predicted octanol–water partition coefficient (Wildman–Crippen LogP) is 3.05. The molecule has 1 amide bonds. The second-order valence-electron chi connectivity index (χ2n) is 7.02. The lowest BCUT2D eigenvalue weighted by atomic mass is 9.77. The van der Waals surface area contributed by atoms with Crippen LogP contribution >= 0.6 is 0 Å². The highest BCUT2D eigenvalue weighted by Gasteiger charge is 2.29. The number of nitrogens with one attached hydrogen (secondary N) is 1.